The molecule has 0 aliphatic rings. The first-order valence-corrected chi connectivity index (χ1v) is 6.30. The molecule has 0 spiro atoms. The molecule has 102 valence electrons. The molecule has 2 aromatic carbocycles. The molecular weight excluding hydrogens is 257 g/mol. The molecule has 0 heterocycles. The van der Waals surface area contributed by atoms with Crippen LogP contribution in [0.5, 0.6) is 11.5 Å². The van der Waals surface area contributed by atoms with Gasteiger partial charge in [0, 0.05) is 6.42 Å². The van der Waals surface area contributed by atoms with E-state index < -0.39 is 5.82 Å². The van der Waals surface area contributed by atoms with Crippen molar-refractivity contribution in [2.24, 2.45) is 0 Å². The largest absolute Gasteiger partial charge is 0.493 e. The summed E-state index contributed by atoms with van der Waals surface area (Å²) in [5.41, 5.74) is 0.280. The number of halogens is 1. The second-order valence-corrected chi connectivity index (χ2v) is 4.12. The summed E-state index contributed by atoms with van der Waals surface area (Å²) in [6.45, 7) is 0.859. The molecule has 0 unspecified atom stereocenters. The molecule has 20 heavy (non-hydrogen) atoms. The van der Waals surface area contributed by atoms with Gasteiger partial charge in [0.15, 0.2) is 11.6 Å². The number of benzene rings is 2. The highest BCUT2D eigenvalue weighted by atomic mass is 19.1. The van der Waals surface area contributed by atoms with Gasteiger partial charge in [-0.25, -0.2) is 4.39 Å². The monoisotopic (exact) mass is 271 g/mol. The Bertz CT molecular complexity index is 593. The Hall–Kier alpha value is -2.54. The molecule has 3 nitrogen and oxygen atoms in total. The molecule has 0 saturated carbocycles. The predicted octanol–water partition coefficient (Wildman–Crippen LogP) is 3.55. The highest BCUT2D eigenvalue weighted by Crippen LogP contribution is 2.18. The smallest absolute Gasteiger partial charge is 0.166 e. The lowest BCUT2D eigenvalue weighted by molar-refractivity contribution is 0.241. The van der Waals surface area contributed by atoms with Gasteiger partial charge in [0.25, 0.3) is 0 Å². The van der Waals surface area contributed by atoms with E-state index in [9.17, 15) is 4.39 Å². The van der Waals surface area contributed by atoms with Crippen LogP contribution in [-0.4, -0.2) is 13.2 Å². The highest BCUT2D eigenvalue weighted by Gasteiger charge is 2.04. The average Bonchev–Trinajstić information content (AvgIpc) is 2.49. The lowest BCUT2D eigenvalue weighted by Gasteiger charge is -2.08. The van der Waals surface area contributed by atoms with E-state index in [1.807, 2.05) is 36.4 Å². The maximum atomic E-state index is 13.5. The quantitative estimate of drug-likeness (QED) is 0.754. The number of hydrogen-bond donors (Lipinski definition) is 0. The minimum atomic E-state index is -0.520. The van der Waals surface area contributed by atoms with Crippen molar-refractivity contribution in [3.05, 3.63) is 59.9 Å². The summed E-state index contributed by atoms with van der Waals surface area (Å²) in [6.07, 6.45) is 0.647. The normalized spacial score (nSPS) is 9.80. The molecule has 0 N–H and O–H groups in total. The van der Waals surface area contributed by atoms with E-state index in [0.29, 0.717) is 19.6 Å². The fourth-order valence-corrected chi connectivity index (χ4v) is 1.64. The SMILES string of the molecule is N#Cc1ccc(OCCCOc2ccccc2)c(F)c1. The fourth-order valence-electron chi connectivity index (χ4n) is 1.64. The number of nitrogens with zero attached hydrogens (tertiary/aromatic N) is 1. The first kappa shape index (κ1) is 13.9. The third kappa shape index (κ3) is 3.99. The second kappa shape index (κ2) is 7.15. The fraction of sp³-hybridized carbons (Fsp3) is 0.188. The van der Waals surface area contributed by atoms with Crippen LogP contribution >= 0.6 is 0 Å². The Kier molecular flexibility index (Phi) is 4.96. The number of rotatable bonds is 6. The minimum absolute atomic E-state index is 0.156. The van der Waals surface area contributed by atoms with Gasteiger partial charge >= 0.3 is 0 Å². The van der Waals surface area contributed by atoms with Crippen LogP contribution in [0, 0.1) is 17.1 Å². The summed E-state index contributed by atoms with van der Waals surface area (Å²) in [5, 5.41) is 8.63. The van der Waals surface area contributed by atoms with E-state index >= 15 is 0 Å². The summed E-state index contributed by atoms with van der Waals surface area (Å²) in [6, 6.07) is 15.5. The number of para-hydroxylation sites is 1. The maximum absolute atomic E-state index is 13.5. The zero-order valence-corrected chi connectivity index (χ0v) is 10.9. The average molecular weight is 271 g/mol. The van der Waals surface area contributed by atoms with Gasteiger partial charge in [-0.15, -0.1) is 0 Å². The molecule has 0 aliphatic heterocycles. The van der Waals surface area contributed by atoms with Gasteiger partial charge in [0.05, 0.1) is 24.8 Å². The van der Waals surface area contributed by atoms with Crippen molar-refractivity contribution in [1.82, 2.24) is 0 Å². The van der Waals surface area contributed by atoms with Crippen LogP contribution in [0.2, 0.25) is 0 Å². The van der Waals surface area contributed by atoms with Crippen LogP contribution in [0.3, 0.4) is 0 Å². The van der Waals surface area contributed by atoms with Crippen molar-refractivity contribution < 1.29 is 13.9 Å². The van der Waals surface area contributed by atoms with Gasteiger partial charge in [0.2, 0.25) is 0 Å². The van der Waals surface area contributed by atoms with Gasteiger partial charge in [-0.2, -0.15) is 5.26 Å². The third-order valence-electron chi connectivity index (χ3n) is 2.62. The standard InChI is InChI=1S/C16H14FNO2/c17-15-11-13(12-18)7-8-16(15)20-10-4-9-19-14-5-2-1-3-6-14/h1-3,5-8,11H,4,9-10H2. The van der Waals surface area contributed by atoms with Crippen LogP contribution in [0.25, 0.3) is 0 Å². The van der Waals surface area contributed by atoms with E-state index in [2.05, 4.69) is 0 Å². The van der Waals surface area contributed by atoms with Gasteiger partial charge in [0.1, 0.15) is 5.75 Å². The van der Waals surface area contributed by atoms with Gasteiger partial charge in [-0.1, -0.05) is 18.2 Å². The third-order valence-corrected chi connectivity index (χ3v) is 2.62. The topological polar surface area (TPSA) is 42.2 Å². The Morgan fingerprint density at radius 1 is 1.00 bits per heavy atom. The first-order valence-electron chi connectivity index (χ1n) is 6.30. The van der Waals surface area contributed by atoms with Crippen molar-refractivity contribution in [2.75, 3.05) is 13.2 Å². The summed E-state index contributed by atoms with van der Waals surface area (Å²) < 4.78 is 24.3. The maximum Gasteiger partial charge on any atom is 0.166 e. The predicted molar refractivity (Wildman–Crippen MR) is 73.2 cm³/mol. The summed E-state index contributed by atoms with van der Waals surface area (Å²) in [4.78, 5) is 0. The van der Waals surface area contributed by atoms with Crippen molar-refractivity contribution in [3.8, 4) is 17.6 Å². The Labute approximate surface area is 117 Å². The van der Waals surface area contributed by atoms with Gasteiger partial charge < -0.3 is 9.47 Å². The van der Waals surface area contributed by atoms with Gasteiger partial charge in [-0.05, 0) is 30.3 Å². The molecule has 0 bridgehead atoms. The zero-order valence-electron chi connectivity index (χ0n) is 10.9. The molecule has 0 radical (unpaired) electrons. The highest BCUT2D eigenvalue weighted by molar-refractivity contribution is 5.35. The number of hydrogen-bond acceptors (Lipinski definition) is 3. The molecule has 0 atom stereocenters. The summed E-state index contributed by atoms with van der Waals surface area (Å²) in [5.74, 6) is 0.439. The van der Waals surface area contributed by atoms with E-state index in [1.165, 1.54) is 12.1 Å². The Morgan fingerprint density at radius 2 is 1.75 bits per heavy atom. The van der Waals surface area contributed by atoms with Crippen molar-refractivity contribution in [1.29, 1.82) is 5.26 Å². The lowest BCUT2D eigenvalue weighted by Crippen LogP contribution is -2.05. The van der Waals surface area contributed by atoms with Gasteiger partial charge in [-0.3, -0.25) is 0 Å². The van der Waals surface area contributed by atoms with Crippen LogP contribution < -0.4 is 9.47 Å². The Morgan fingerprint density at radius 3 is 2.45 bits per heavy atom. The number of ether oxygens (including phenoxy) is 2. The molecule has 2 aromatic rings. The van der Waals surface area contributed by atoms with Crippen LogP contribution in [-0.2, 0) is 0 Å². The van der Waals surface area contributed by atoms with Crippen molar-refractivity contribution >= 4 is 0 Å². The summed E-state index contributed by atoms with van der Waals surface area (Å²) >= 11 is 0. The molecule has 0 saturated heterocycles. The zero-order chi connectivity index (χ0) is 14.2. The van der Waals surface area contributed by atoms with Crippen molar-refractivity contribution in [3.63, 3.8) is 0 Å². The molecule has 0 aromatic heterocycles. The van der Waals surface area contributed by atoms with E-state index in [0.717, 1.165) is 11.8 Å². The van der Waals surface area contributed by atoms with Crippen LogP contribution in [0.1, 0.15) is 12.0 Å². The number of nitriles is 1. The molecule has 2 rings (SSSR count). The minimum Gasteiger partial charge on any atom is -0.493 e. The van der Waals surface area contributed by atoms with Crippen molar-refractivity contribution in [2.45, 2.75) is 6.42 Å². The van der Waals surface area contributed by atoms with Crippen LogP contribution in [0.4, 0.5) is 4.39 Å². The molecule has 0 fully saturated rings. The molecule has 0 amide bonds. The first-order chi connectivity index (χ1) is 9.79. The lowest BCUT2D eigenvalue weighted by atomic mass is 10.2. The Balaban J connectivity index is 1.72. The molecule has 4 heteroatoms. The van der Waals surface area contributed by atoms with E-state index in [-0.39, 0.29) is 11.3 Å². The van der Waals surface area contributed by atoms with Crippen LogP contribution in [0.15, 0.2) is 48.5 Å². The second-order valence-electron chi connectivity index (χ2n) is 4.12. The van der Waals surface area contributed by atoms with E-state index in [4.69, 9.17) is 14.7 Å². The molecular formula is C16H14FNO2. The molecule has 0 aliphatic carbocycles. The summed E-state index contributed by atoms with van der Waals surface area (Å²) in [7, 11) is 0. The van der Waals surface area contributed by atoms with E-state index in [1.54, 1.807) is 0 Å².